The van der Waals surface area contributed by atoms with Crippen molar-refractivity contribution < 1.29 is 8.42 Å². The number of rotatable bonds is 6. The van der Waals surface area contributed by atoms with Crippen LogP contribution in [0, 0.1) is 6.92 Å². The van der Waals surface area contributed by atoms with Crippen LogP contribution in [0.2, 0.25) is 5.02 Å². The van der Waals surface area contributed by atoms with Crippen LogP contribution in [0.5, 0.6) is 0 Å². The van der Waals surface area contributed by atoms with E-state index in [0.29, 0.717) is 10.6 Å². The molecule has 0 aliphatic rings. The average Bonchev–Trinajstić information content (AvgIpc) is 2.32. The number of aryl methyl sites for hydroxylation is 1. The average molecular weight is 323 g/mol. The first kappa shape index (κ1) is 16.6. The first-order chi connectivity index (χ1) is 8.77. The number of hydrogen-bond acceptors (Lipinski definition) is 4. The molecule has 0 saturated carbocycles. The number of nitrogens with two attached hydrogens (primary N) is 1. The van der Waals surface area contributed by atoms with Gasteiger partial charge >= 0.3 is 0 Å². The minimum Gasteiger partial charge on any atom is -0.397 e. The Kier molecular flexibility index (Phi) is 5.98. The van der Waals surface area contributed by atoms with Gasteiger partial charge in [0.2, 0.25) is 10.0 Å². The molecule has 1 aromatic carbocycles. The predicted molar refractivity (Wildman–Crippen MR) is 83.4 cm³/mol. The normalized spacial score (nSPS) is 13.5. The molecule has 0 heterocycles. The molecule has 0 radical (unpaired) electrons. The van der Waals surface area contributed by atoms with Gasteiger partial charge in [-0.15, -0.1) is 0 Å². The van der Waals surface area contributed by atoms with Crippen molar-refractivity contribution in [3.8, 4) is 0 Å². The molecular formula is C12H19ClN2O2S2. The first-order valence-electron chi connectivity index (χ1n) is 5.85. The molecule has 1 aromatic rings. The van der Waals surface area contributed by atoms with Gasteiger partial charge in [0.15, 0.2) is 0 Å². The summed E-state index contributed by atoms with van der Waals surface area (Å²) in [6.07, 6.45) is 2.77. The smallest absolute Gasteiger partial charge is 0.240 e. The summed E-state index contributed by atoms with van der Waals surface area (Å²) in [5, 5.41) is 0.398. The molecule has 4 nitrogen and oxygen atoms in total. The molecule has 0 saturated heterocycles. The second kappa shape index (κ2) is 6.83. The molecule has 1 rings (SSSR count). The number of nitrogen functional groups attached to an aromatic ring is 1. The zero-order valence-electron chi connectivity index (χ0n) is 11.2. The highest BCUT2D eigenvalue weighted by atomic mass is 35.5. The summed E-state index contributed by atoms with van der Waals surface area (Å²) >= 11 is 7.62. The summed E-state index contributed by atoms with van der Waals surface area (Å²) in [6, 6.07) is 2.80. The zero-order chi connectivity index (χ0) is 14.6. The number of thioether (sulfide) groups is 1. The molecule has 0 fully saturated rings. The van der Waals surface area contributed by atoms with Crippen molar-refractivity contribution in [3.05, 3.63) is 22.7 Å². The molecule has 0 aliphatic heterocycles. The van der Waals surface area contributed by atoms with E-state index in [1.165, 1.54) is 12.1 Å². The van der Waals surface area contributed by atoms with Crippen LogP contribution in [-0.2, 0) is 10.0 Å². The number of nitrogens with one attached hydrogen (secondary N) is 1. The van der Waals surface area contributed by atoms with Gasteiger partial charge in [0.25, 0.3) is 0 Å². The molecule has 0 aromatic heterocycles. The van der Waals surface area contributed by atoms with Crippen LogP contribution in [0.4, 0.5) is 5.69 Å². The number of hydrogen-bond donors (Lipinski definition) is 2. The Bertz CT molecular complexity index is 524. The van der Waals surface area contributed by atoms with Crippen molar-refractivity contribution in [2.24, 2.45) is 0 Å². The Hall–Kier alpha value is -0.430. The maximum atomic E-state index is 12.2. The summed E-state index contributed by atoms with van der Waals surface area (Å²) in [6.45, 7) is 3.58. The summed E-state index contributed by atoms with van der Waals surface area (Å²) in [5.74, 6) is 0.908. The highest BCUT2D eigenvalue weighted by Gasteiger charge is 2.19. The lowest BCUT2D eigenvalue weighted by Gasteiger charge is -2.15. The summed E-state index contributed by atoms with van der Waals surface area (Å²) < 4.78 is 27.1. The van der Waals surface area contributed by atoms with E-state index in [2.05, 4.69) is 4.72 Å². The fourth-order valence-electron chi connectivity index (χ4n) is 1.60. The van der Waals surface area contributed by atoms with Gasteiger partial charge < -0.3 is 5.73 Å². The van der Waals surface area contributed by atoms with Crippen molar-refractivity contribution in [3.63, 3.8) is 0 Å². The lowest BCUT2D eigenvalue weighted by atomic mass is 10.2. The lowest BCUT2D eigenvalue weighted by molar-refractivity contribution is 0.557. The predicted octanol–water partition coefficient (Wildman–Crippen LogP) is 2.65. The minimum atomic E-state index is -3.55. The zero-order valence-corrected chi connectivity index (χ0v) is 13.6. The van der Waals surface area contributed by atoms with Crippen molar-refractivity contribution >= 4 is 39.1 Å². The topological polar surface area (TPSA) is 72.2 Å². The van der Waals surface area contributed by atoms with E-state index in [9.17, 15) is 8.42 Å². The van der Waals surface area contributed by atoms with Crippen molar-refractivity contribution in [1.82, 2.24) is 4.72 Å². The standard InChI is InChI=1S/C12H19ClN2O2S2/c1-8-6-10(7-11(14)12(8)13)19(16,17)15-9(2)4-5-18-3/h6-7,9,15H,4-5,14H2,1-3H3. The molecule has 0 spiro atoms. The summed E-state index contributed by atoms with van der Waals surface area (Å²) in [7, 11) is -3.55. The third-order valence-electron chi connectivity index (χ3n) is 2.68. The van der Waals surface area contributed by atoms with Crippen LogP contribution in [0.1, 0.15) is 18.9 Å². The third kappa shape index (κ3) is 4.56. The Balaban J connectivity index is 2.95. The maximum absolute atomic E-state index is 12.2. The SMILES string of the molecule is CSCCC(C)NS(=O)(=O)c1cc(C)c(Cl)c(N)c1. The number of anilines is 1. The van der Waals surface area contributed by atoms with Crippen LogP contribution >= 0.6 is 23.4 Å². The Labute approximate surface area is 124 Å². The van der Waals surface area contributed by atoms with E-state index in [-0.39, 0.29) is 16.6 Å². The van der Waals surface area contributed by atoms with Crippen LogP contribution in [0.15, 0.2) is 17.0 Å². The van der Waals surface area contributed by atoms with E-state index in [0.717, 1.165) is 12.2 Å². The quantitative estimate of drug-likeness (QED) is 0.790. The molecule has 1 unspecified atom stereocenters. The van der Waals surface area contributed by atoms with Crippen molar-refractivity contribution in [2.75, 3.05) is 17.7 Å². The van der Waals surface area contributed by atoms with Crippen LogP contribution in [0.3, 0.4) is 0 Å². The second-order valence-corrected chi connectivity index (χ2v) is 7.52. The lowest BCUT2D eigenvalue weighted by Crippen LogP contribution is -2.33. The molecule has 108 valence electrons. The van der Waals surface area contributed by atoms with Crippen LogP contribution in [-0.4, -0.2) is 26.5 Å². The van der Waals surface area contributed by atoms with Gasteiger partial charge in [-0.3, -0.25) is 0 Å². The van der Waals surface area contributed by atoms with Gasteiger partial charge in [-0.2, -0.15) is 11.8 Å². The largest absolute Gasteiger partial charge is 0.397 e. The highest BCUT2D eigenvalue weighted by molar-refractivity contribution is 7.98. The molecule has 7 heteroatoms. The molecule has 0 bridgehead atoms. The minimum absolute atomic E-state index is 0.116. The second-order valence-electron chi connectivity index (χ2n) is 4.45. The molecule has 3 N–H and O–H groups in total. The summed E-state index contributed by atoms with van der Waals surface area (Å²) in [5.41, 5.74) is 6.63. The van der Waals surface area contributed by atoms with Gasteiger partial charge in [-0.25, -0.2) is 13.1 Å². The van der Waals surface area contributed by atoms with Gasteiger partial charge in [0.1, 0.15) is 0 Å². The van der Waals surface area contributed by atoms with Gasteiger partial charge in [0, 0.05) is 6.04 Å². The van der Waals surface area contributed by atoms with Gasteiger partial charge in [-0.1, -0.05) is 11.6 Å². The Morgan fingerprint density at radius 2 is 2.11 bits per heavy atom. The fourth-order valence-corrected chi connectivity index (χ4v) is 3.70. The van der Waals surface area contributed by atoms with Crippen LogP contribution in [0.25, 0.3) is 0 Å². The van der Waals surface area contributed by atoms with Crippen molar-refractivity contribution in [2.45, 2.75) is 31.2 Å². The summed E-state index contributed by atoms with van der Waals surface area (Å²) in [4.78, 5) is 0.155. The Morgan fingerprint density at radius 1 is 1.47 bits per heavy atom. The van der Waals surface area contributed by atoms with Gasteiger partial charge in [-0.05, 0) is 50.0 Å². The first-order valence-corrected chi connectivity index (χ1v) is 9.10. The van der Waals surface area contributed by atoms with E-state index in [1.807, 2.05) is 13.2 Å². The monoisotopic (exact) mass is 322 g/mol. The molecule has 1 atom stereocenters. The van der Waals surface area contributed by atoms with E-state index in [4.69, 9.17) is 17.3 Å². The van der Waals surface area contributed by atoms with Gasteiger partial charge in [0.05, 0.1) is 15.6 Å². The van der Waals surface area contributed by atoms with E-state index >= 15 is 0 Å². The molecule has 19 heavy (non-hydrogen) atoms. The number of sulfonamides is 1. The maximum Gasteiger partial charge on any atom is 0.240 e. The van der Waals surface area contributed by atoms with E-state index < -0.39 is 10.0 Å². The van der Waals surface area contributed by atoms with E-state index in [1.54, 1.807) is 18.7 Å². The molecule has 0 aliphatic carbocycles. The molecular weight excluding hydrogens is 304 g/mol. The fraction of sp³-hybridized carbons (Fsp3) is 0.500. The highest BCUT2D eigenvalue weighted by Crippen LogP contribution is 2.26. The number of benzene rings is 1. The molecule has 0 amide bonds. The van der Waals surface area contributed by atoms with Crippen LogP contribution < -0.4 is 10.5 Å². The van der Waals surface area contributed by atoms with Crippen molar-refractivity contribution in [1.29, 1.82) is 0 Å². The number of halogens is 1. The third-order valence-corrected chi connectivity index (χ3v) is 5.41. The Morgan fingerprint density at radius 3 is 2.63 bits per heavy atom.